The number of fused-ring (bicyclic) bond motifs is 3. The molecule has 1 heteroatoms. The molecule has 0 aliphatic heterocycles. The van der Waals surface area contributed by atoms with Crippen molar-refractivity contribution in [3.8, 4) is 95.1 Å². The summed E-state index contributed by atoms with van der Waals surface area (Å²) in [6, 6.07) is 74.2. The van der Waals surface area contributed by atoms with Crippen molar-refractivity contribution in [3.05, 3.63) is 206 Å². The summed E-state index contributed by atoms with van der Waals surface area (Å²) >= 11 is 0. The molecular formula is C53H33N. The molecule has 0 fully saturated rings. The molecule has 1 nitrogen and oxygen atoms in total. The van der Waals surface area contributed by atoms with Crippen molar-refractivity contribution in [1.29, 1.82) is 5.26 Å². The molecule has 10 rings (SSSR count). The van der Waals surface area contributed by atoms with Crippen LogP contribution in [-0.2, 0) is 0 Å². The van der Waals surface area contributed by atoms with Gasteiger partial charge >= 0.3 is 0 Å². The summed E-state index contributed by atoms with van der Waals surface area (Å²) < 4.78 is 0. The Balaban J connectivity index is 1.22. The van der Waals surface area contributed by atoms with E-state index in [9.17, 15) is 5.26 Å². The van der Waals surface area contributed by atoms with Gasteiger partial charge in [-0.25, -0.2) is 0 Å². The number of benzene rings is 9. The van der Waals surface area contributed by atoms with Crippen molar-refractivity contribution in [1.82, 2.24) is 0 Å². The van der Waals surface area contributed by atoms with Crippen LogP contribution in [0, 0.1) is 11.3 Å². The van der Waals surface area contributed by atoms with E-state index >= 15 is 0 Å². The molecule has 0 spiro atoms. The Bertz CT molecular complexity index is 2860. The molecular weight excluding hydrogens is 651 g/mol. The van der Waals surface area contributed by atoms with Crippen LogP contribution in [0.5, 0.6) is 0 Å². The second-order valence-electron chi connectivity index (χ2n) is 14.0. The number of hydrogen-bond acceptors (Lipinski definition) is 1. The highest BCUT2D eigenvalue weighted by Gasteiger charge is 2.30. The van der Waals surface area contributed by atoms with Gasteiger partial charge in [-0.05, 0) is 118 Å². The van der Waals surface area contributed by atoms with Crippen molar-refractivity contribution < 1.29 is 0 Å². The molecule has 0 heterocycles. The lowest BCUT2D eigenvalue weighted by Crippen LogP contribution is -1.95. The van der Waals surface area contributed by atoms with Gasteiger partial charge in [0.15, 0.2) is 0 Å². The average Bonchev–Trinajstić information content (AvgIpc) is 3.59. The summed E-state index contributed by atoms with van der Waals surface area (Å²) in [7, 11) is 0. The van der Waals surface area contributed by atoms with Gasteiger partial charge in [0.05, 0.1) is 11.6 Å². The molecule has 0 radical (unpaired) electrons. The zero-order valence-electron chi connectivity index (χ0n) is 29.5. The lowest BCUT2D eigenvalue weighted by Gasteiger charge is -2.21. The fourth-order valence-electron chi connectivity index (χ4n) is 8.26. The van der Waals surface area contributed by atoms with E-state index in [1.54, 1.807) is 0 Å². The highest BCUT2D eigenvalue weighted by atomic mass is 14.3. The van der Waals surface area contributed by atoms with E-state index in [2.05, 4.69) is 182 Å². The van der Waals surface area contributed by atoms with Crippen LogP contribution in [0.15, 0.2) is 200 Å². The van der Waals surface area contributed by atoms with Gasteiger partial charge in [-0.1, -0.05) is 182 Å². The lowest BCUT2D eigenvalue weighted by molar-refractivity contribution is 1.48. The van der Waals surface area contributed by atoms with E-state index in [4.69, 9.17) is 0 Å². The minimum Gasteiger partial charge on any atom is -0.192 e. The first-order valence-corrected chi connectivity index (χ1v) is 18.4. The SMILES string of the molecule is N#Cc1ccc(-c2ccc(-c3cc(-c4ccc(-c5ccccc5)cc4)c4c(c3-c3ccc(-c5ccccc5)cc3)-c3cccc5cccc-4c35)cc2)cc1. The maximum atomic E-state index is 9.35. The zero-order valence-corrected chi connectivity index (χ0v) is 29.5. The molecule has 0 N–H and O–H groups in total. The summed E-state index contributed by atoms with van der Waals surface area (Å²) in [5.74, 6) is 0. The van der Waals surface area contributed by atoms with E-state index in [-0.39, 0.29) is 0 Å². The zero-order chi connectivity index (χ0) is 36.0. The van der Waals surface area contributed by atoms with E-state index < -0.39 is 0 Å². The van der Waals surface area contributed by atoms with Crippen molar-refractivity contribution >= 4 is 10.8 Å². The van der Waals surface area contributed by atoms with Crippen LogP contribution in [0.3, 0.4) is 0 Å². The third kappa shape index (κ3) is 5.33. The fraction of sp³-hybridized carbons (Fsp3) is 0. The van der Waals surface area contributed by atoms with Crippen molar-refractivity contribution in [2.24, 2.45) is 0 Å². The van der Waals surface area contributed by atoms with Gasteiger partial charge in [0, 0.05) is 0 Å². The fourth-order valence-corrected chi connectivity index (χ4v) is 8.26. The van der Waals surface area contributed by atoms with E-state index in [0.29, 0.717) is 5.56 Å². The molecule has 0 bridgehead atoms. The van der Waals surface area contributed by atoms with Gasteiger partial charge in [-0.15, -0.1) is 0 Å². The van der Waals surface area contributed by atoms with Crippen molar-refractivity contribution in [3.63, 3.8) is 0 Å². The Hall–Kier alpha value is -7.27. The van der Waals surface area contributed by atoms with Crippen LogP contribution in [0.2, 0.25) is 0 Å². The average molecular weight is 684 g/mol. The lowest BCUT2D eigenvalue weighted by atomic mass is 9.81. The molecule has 1 aliphatic carbocycles. The standard InChI is InChI=1S/C53H33N/c54-34-35-17-19-38(20-18-35)41-23-27-42(28-24-41)48-33-49(43-29-21-39(22-30-43)36-9-3-1-4-10-36)52-46-15-7-13-44-14-8-16-47(50(44)46)53(52)51(48)45-31-25-40(26-32-45)37-11-5-2-6-12-37/h1-33H. The largest absolute Gasteiger partial charge is 0.192 e. The first kappa shape index (κ1) is 31.5. The summed E-state index contributed by atoms with van der Waals surface area (Å²) in [6.07, 6.45) is 0. The number of rotatable bonds is 6. The summed E-state index contributed by atoms with van der Waals surface area (Å²) in [5.41, 5.74) is 20.0. The van der Waals surface area contributed by atoms with E-state index in [0.717, 1.165) is 16.7 Å². The highest BCUT2D eigenvalue weighted by Crippen LogP contribution is 2.57. The summed E-state index contributed by atoms with van der Waals surface area (Å²) in [5, 5.41) is 11.9. The Labute approximate surface area is 315 Å². The minimum atomic E-state index is 0.664. The molecule has 0 aromatic heterocycles. The minimum absolute atomic E-state index is 0.664. The molecule has 54 heavy (non-hydrogen) atoms. The van der Waals surface area contributed by atoms with Crippen LogP contribution in [-0.4, -0.2) is 0 Å². The summed E-state index contributed by atoms with van der Waals surface area (Å²) in [6.45, 7) is 0. The molecule has 0 saturated heterocycles. The maximum absolute atomic E-state index is 9.35. The predicted octanol–water partition coefficient (Wildman–Crippen LogP) is 14.4. The summed E-state index contributed by atoms with van der Waals surface area (Å²) in [4.78, 5) is 0. The van der Waals surface area contributed by atoms with Gasteiger partial charge in [0.1, 0.15) is 0 Å². The number of nitrogens with zero attached hydrogens (tertiary/aromatic N) is 1. The number of nitriles is 1. The van der Waals surface area contributed by atoms with Crippen LogP contribution in [0.25, 0.3) is 99.8 Å². The van der Waals surface area contributed by atoms with Crippen molar-refractivity contribution in [2.45, 2.75) is 0 Å². The van der Waals surface area contributed by atoms with E-state index in [1.807, 2.05) is 24.3 Å². The molecule has 9 aromatic rings. The molecule has 0 amide bonds. The second-order valence-corrected chi connectivity index (χ2v) is 14.0. The third-order valence-corrected chi connectivity index (χ3v) is 10.9. The molecule has 250 valence electrons. The molecule has 0 saturated carbocycles. The number of hydrogen-bond donors (Lipinski definition) is 0. The van der Waals surface area contributed by atoms with Gasteiger partial charge in [-0.2, -0.15) is 5.26 Å². The maximum Gasteiger partial charge on any atom is 0.0991 e. The normalized spacial score (nSPS) is 11.3. The van der Waals surface area contributed by atoms with E-state index in [1.165, 1.54) is 83.1 Å². The first-order chi connectivity index (χ1) is 26.7. The topological polar surface area (TPSA) is 23.8 Å². The first-order valence-electron chi connectivity index (χ1n) is 18.4. The Kier molecular flexibility index (Phi) is 7.60. The van der Waals surface area contributed by atoms with Gasteiger partial charge in [0.25, 0.3) is 0 Å². The highest BCUT2D eigenvalue weighted by molar-refractivity contribution is 6.22. The van der Waals surface area contributed by atoms with Crippen molar-refractivity contribution in [2.75, 3.05) is 0 Å². The molecule has 9 aromatic carbocycles. The van der Waals surface area contributed by atoms with Gasteiger partial charge in [-0.3, -0.25) is 0 Å². The predicted molar refractivity (Wildman–Crippen MR) is 226 cm³/mol. The molecule has 1 aliphatic rings. The van der Waals surface area contributed by atoms with Gasteiger partial charge < -0.3 is 0 Å². The van der Waals surface area contributed by atoms with Gasteiger partial charge in [0.2, 0.25) is 0 Å². The van der Waals surface area contributed by atoms with Crippen LogP contribution < -0.4 is 0 Å². The smallest absolute Gasteiger partial charge is 0.0991 e. The Morgan fingerprint density at radius 1 is 0.278 bits per heavy atom. The van der Waals surface area contributed by atoms with Crippen LogP contribution >= 0.6 is 0 Å². The second kappa shape index (κ2) is 13.1. The van der Waals surface area contributed by atoms with Crippen LogP contribution in [0.1, 0.15) is 5.56 Å². The molecule has 0 unspecified atom stereocenters. The van der Waals surface area contributed by atoms with Crippen LogP contribution in [0.4, 0.5) is 0 Å². The third-order valence-electron chi connectivity index (χ3n) is 10.9. The molecule has 0 atom stereocenters. The Morgan fingerprint density at radius 3 is 1.15 bits per heavy atom. The quantitative estimate of drug-likeness (QED) is 0.171. The Morgan fingerprint density at radius 2 is 0.667 bits per heavy atom. The monoisotopic (exact) mass is 683 g/mol.